The number of hydrogen-bond acceptors (Lipinski definition) is 5. The van der Waals surface area contributed by atoms with Crippen LogP contribution in [0.25, 0.3) is 26.1 Å². The predicted molar refractivity (Wildman–Crippen MR) is 92.5 cm³/mol. The second kappa shape index (κ2) is 5.38. The summed E-state index contributed by atoms with van der Waals surface area (Å²) < 4.78 is 2.28. The summed E-state index contributed by atoms with van der Waals surface area (Å²) in [7, 11) is 0. The highest BCUT2D eigenvalue weighted by Gasteiger charge is 2.19. The van der Waals surface area contributed by atoms with E-state index < -0.39 is 0 Å². The molecule has 4 aromatic rings. The maximum absolute atomic E-state index is 5.84. The standard InChI is InChI=1S/C15H13N3S3/c16-6-5-10-14(13-4-2-8-20-13)17-15-18(10)11(9-21-15)12-3-1-7-19-12/h1-4,7-9H,5-6,16H2. The molecule has 2 N–H and O–H groups in total. The summed E-state index contributed by atoms with van der Waals surface area (Å²) in [5.74, 6) is 0. The van der Waals surface area contributed by atoms with E-state index in [1.54, 1.807) is 34.0 Å². The molecule has 0 aliphatic heterocycles. The summed E-state index contributed by atoms with van der Waals surface area (Å²) in [5.41, 5.74) is 9.37. The summed E-state index contributed by atoms with van der Waals surface area (Å²) in [5, 5.41) is 6.39. The number of thiazole rings is 1. The van der Waals surface area contributed by atoms with Crippen molar-refractivity contribution in [3.63, 3.8) is 0 Å². The highest BCUT2D eigenvalue weighted by atomic mass is 32.1. The lowest BCUT2D eigenvalue weighted by Gasteiger charge is -2.04. The lowest BCUT2D eigenvalue weighted by atomic mass is 10.2. The first-order chi connectivity index (χ1) is 10.4. The van der Waals surface area contributed by atoms with Crippen molar-refractivity contribution >= 4 is 39.0 Å². The van der Waals surface area contributed by atoms with Gasteiger partial charge in [0.25, 0.3) is 0 Å². The molecular weight excluding hydrogens is 318 g/mol. The SMILES string of the molecule is NCCc1c(-c2cccs2)nc2scc(-c3cccs3)n12. The first kappa shape index (κ1) is 13.2. The fourth-order valence-corrected chi connectivity index (χ4v) is 4.94. The Bertz CT molecular complexity index is 854. The van der Waals surface area contributed by atoms with E-state index in [0.717, 1.165) is 17.1 Å². The fourth-order valence-electron chi connectivity index (χ4n) is 2.49. The normalized spacial score (nSPS) is 11.5. The van der Waals surface area contributed by atoms with Gasteiger partial charge in [-0.2, -0.15) is 0 Å². The summed E-state index contributed by atoms with van der Waals surface area (Å²) in [6, 6.07) is 8.44. The van der Waals surface area contributed by atoms with Crippen LogP contribution in [0.5, 0.6) is 0 Å². The van der Waals surface area contributed by atoms with Crippen LogP contribution in [-0.2, 0) is 6.42 Å². The van der Waals surface area contributed by atoms with E-state index in [-0.39, 0.29) is 0 Å². The molecule has 0 bridgehead atoms. The molecule has 0 aromatic carbocycles. The number of hydrogen-bond donors (Lipinski definition) is 1. The molecule has 0 saturated carbocycles. The van der Waals surface area contributed by atoms with Crippen LogP contribution in [0.15, 0.2) is 40.4 Å². The Kier molecular flexibility index (Phi) is 3.39. The van der Waals surface area contributed by atoms with Gasteiger partial charge in [0.05, 0.1) is 21.1 Å². The number of thiophene rings is 2. The first-order valence-corrected chi connectivity index (χ1v) is 9.29. The van der Waals surface area contributed by atoms with Crippen LogP contribution in [-0.4, -0.2) is 15.9 Å². The van der Waals surface area contributed by atoms with Crippen molar-refractivity contribution in [1.82, 2.24) is 9.38 Å². The third kappa shape index (κ3) is 2.15. The van der Waals surface area contributed by atoms with E-state index in [0.29, 0.717) is 6.54 Å². The number of aromatic nitrogens is 2. The van der Waals surface area contributed by atoms with Gasteiger partial charge in [-0.1, -0.05) is 12.1 Å². The van der Waals surface area contributed by atoms with E-state index in [4.69, 9.17) is 10.7 Å². The third-order valence-electron chi connectivity index (χ3n) is 3.37. The molecule has 0 amide bonds. The molecule has 3 nitrogen and oxygen atoms in total. The topological polar surface area (TPSA) is 43.3 Å². The number of nitrogens with two attached hydrogens (primary N) is 1. The molecule has 0 aliphatic carbocycles. The van der Waals surface area contributed by atoms with Crippen LogP contribution >= 0.6 is 34.0 Å². The van der Waals surface area contributed by atoms with Crippen LogP contribution in [0.1, 0.15) is 5.69 Å². The Hall–Kier alpha value is -1.47. The molecule has 4 aromatic heterocycles. The minimum absolute atomic E-state index is 0.631. The van der Waals surface area contributed by atoms with Gasteiger partial charge in [-0.25, -0.2) is 4.98 Å². The molecule has 21 heavy (non-hydrogen) atoms. The largest absolute Gasteiger partial charge is 0.330 e. The van der Waals surface area contributed by atoms with Gasteiger partial charge in [0.15, 0.2) is 4.96 Å². The fraction of sp³-hybridized carbons (Fsp3) is 0.133. The average molecular weight is 331 g/mol. The molecule has 0 saturated heterocycles. The van der Waals surface area contributed by atoms with Gasteiger partial charge in [0, 0.05) is 11.8 Å². The van der Waals surface area contributed by atoms with E-state index in [2.05, 4.69) is 44.8 Å². The molecule has 0 aliphatic rings. The van der Waals surface area contributed by atoms with Gasteiger partial charge in [-0.3, -0.25) is 4.40 Å². The zero-order valence-electron chi connectivity index (χ0n) is 11.2. The van der Waals surface area contributed by atoms with Crippen molar-refractivity contribution in [2.24, 2.45) is 5.73 Å². The highest BCUT2D eigenvalue weighted by Crippen LogP contribution is 2.35. The van der Waals surface area contributed by atoms with Crippen molar-refractivity contribution < 1.29 is 0 Å². The number of rotatable bonds is 4. The van der Waals surface area contributed by atoms with Gasteiger partial charge in [0.2, 0.25) is 0 Å². The minimum atomic E-state index is 0.631. The van der Waals surface area contributed by atoms with Crippen LogP contribution in [0.3, 0.4) is 0 Å². The smallest absolute Gasteiger partial charge is 0.195 e. The van der Waals surface area contributed by atoms with Gasteiger partial charge in [-0.05, 0) is 29.4 Å². The molecule has 106 valence electrons. The van der Waals surface area contributed by atoms with E-state index in [9.17, 15) is 0 Å². The lowest BCUT2D eigenvalue weighted by Crippen LogP contribution is -2.06. The zero-order chi connectivity index (χ0) is 14.2. The Morgan fingerprint density at radius 3 is 2.48 bits per heavy atom. The second-order valence-electron chi connectivity index (χ2n) is 4.64. The molecular formula is C15H13N3S3. The third-order valence-corrected chi connectivity index (χ3v) is 5.96. The molecule has 6 heteroatoms. The zero-order valence-corrected chi connectivity index (χ0v) is 13.6. The molecule has 4 heterocycles. The summed E-state index contributed by atoms with van der Waals surface area (Å²) in [4.78, 5) is 8.38. The Labute approximate surface area is 134 Å². The van der Waals surface area contributed by atoms with Gasteiger partial charge < -0.3 is 5.73 Å². The average Bonchev–Trinajstić information content (AvgIpc) is 3.25. The Balaban J connectivity index is 1.99. The van der Waals surface area contributed by atoms with Crippen LogP contribution in [0, 0.1) is 0 Å². The molecule has 4 rings (SSSR count). The predicted octanol–water partition coefficient (Wildman–Crippen LogP) is 4.35. The summed E-state index contributed by atoms with van der Waals surface area (Å²) in [6.07, 6.45) is 0.837. The highest BCUT2D eigenvalue weighted by molar-refractivity contribution is 7.17. The van der Waals surface area contributed by atoms with Crippen LogP contribution in [0.4, 0.5) is 0 Å². The minimum Gasteiger partial charge on any atom is -0.330 e. The maximum Gasteiger partial charge on any atom is 0.195 e. The second-order valence-corrected chi connectivity index (χ2v) is 7.37. The maximum atomic E-state index is 5.84. The van der Waals surface area contributed by atoms with Crippen molar-refractivity contribution in [3.05, 3.63) is 46.1 Å². The lowest BCUT2D eigenvalue weighted by molar-refractivity contribution is 0.915. The van der Waals surface area contributed by atoms with Crippen LogP contribution < -0.4 is 5.73 Å². The summed E-state index contributed by atoms with van der Waals surface area (Å²) >= 11 is 5.18. The van der Waals surface area contributed by atoms with Gasteiger partial charge >= 0.3 is 0 Å². The van der Waals surface area contributed by atoms with E-state index >= 15 is 0 Å². The quantitative estimate of drug-likeness (QED) is 0.604. The van der Waals surface area contributed by atoms with Crippen molar-refractivity contribution in [2.45, 2.75) is 6.42 Å². The van der Waals surface area contributed by atoms with E-state index in [1.807, 2.05) is 0 Å². The van der Waals surface area contributed by atoms with Crippen molar-refractivity contribution in [3.8, 4) is 21.1 Å². The molecule has 0 spiro atoms. The Morgan fingerprint density at radius 2 is 1.81 bits per heavy atom. The molecule has 0 fully saturated rings. The van der Waals surface area contributed by atoms with Crippen molar-refractivity contribution in [2.75, 3.05) is 6.54 Å². The van der Waals surface area contributed by atoms with Crippen LogP contribution in [0.2, 0.25) is 0 Å². The number of fused-ring (bicyclic) bond motifs is 1. The first-order valence-electron chi connectivity index (χ1n) is 6.65. The number of imidazole rings is 1. The van der Waals surface area contributed by atoms with Gasteiger partial charge in [0.1, 0.15) is 5.69 Å². The van der Waals surface area contributed by atoms with Gasteiger partial charge in [-0.15, -0.1) is 34.0 Å². The monoisotopic (exact) mass is 331 g/mol. The number of nitrogens with zero attached hydrogens (tertiary/aromatic N) is 2. The summed E-state index contributed by atoms with van der Waals surface area (Å²) in [6.45, 7) is 0.631. The molecule has 0 atom stereocenters. The molecule has 0 radical (unpaired) electrons. The van der Waals surface area contributed by atoms with Crippen molar-refractivity contribution in [1.29, 1.82) is 0 Å². The Morgan fingerprint density at radius 1 is 1.05 bits per heavy atom. The van der Waals surface area contributed by atoms with E-state index in [1.165, 1.54) is 21.1 Å². The molecule has 0 unspecified atom stereocenters.